The molecule has 128 valence electrons. The van der Waals surface area contributed by atoms with Gasteiger partial charge >= 0.3 is 0 Å². The SMILES string of the molecule is O=C(CCc1ccccc1O)NCCc1ccn(-c2ccccc2)n1. The number of hydrogen-bond acceptors (Lipinski definition) is 3. The molecule has 0 radical (unpaired) electrons. The Morgan fingerprint density at radius 2 is 1.76 bits per heavy atom. The molecule has 2 aromatic carbocycles. The molecule has 0 saturated heterocycles. The summed E-state index contributed by atoms with van der Waals surface area (Å²) in [4.78, 5) is 11.9. The topological polar surface area (TPSA) is 67.2 Å². The molecule has 0 saturated carbocycles. The zero-order chi connectivity index (χ0) is 17.5. The van der Waals surface area contributed by atoms with Gasteiger partial charge in [0.25, 0.3) is 0 Å². The van der Waals surface area contributed by atoms with Crippen LogP contribution in [0.25, 0.3) is 5.69 Å². The lowest BCUT2D eigenvalue weighted by Gasteiger charge is -2.06. The van der Waals surface area contributed by atoms with Crippen LogP contribution < -0.4 is 5.32 Å². The smallest absolute Gasteiger partial charge is 0.220 e. The first-order valence-electron chi connectivity index (χ1n) is 8.36. The van der Waals surface area contributed by atoms with Crippen LogP contribution in [0, 0.1) is 0 Å². The van der Waals surface area contributed by atoms with Crippen molar-refractivity contribution in [2.45, 2.75) is 19.3 Å². The second-order valence-corrected chi connectivity index (χ2v) is 5.82. The fraction of sp³-hybridized carbons (Fsp3) is 0.200. The van der Waals surface area contributed by atoms with Crippen LogP contribution in [0.1, 0.15) is 17.7 Å². The Labute approximate surface area is 146 Å². The summed E-state index contributed by atoms with van der Waals surface area (Å²) < 4.78 is 1.83. The first-order valence-corrected chi connectivity index (χ1v) is 8.36. The molecule has 0 atom stereocenters. The van der Waals surface area contributed by atoms with Crippen LogP contribution in [0.2, 0.25) is 0 Å². The lowest BCUT2D eigenvalue weighted by molar-refractivity contribution is -0.121. The number of phenols is 1. The van der Waals surface area contributed by atoms with Gasteiger partial charge in [-0.3, -0.25) is 4.79 Å². The van der Waals surface area contributed by atoms with Crippen LogP contribution in [0.4, 0.5) is 0 Å². The van der Waals surface area contributed by atoms with Gasteiger partial charge in [-0.25, -0.2) is 4.68 Å². The van der Waals surface area contributed by atoms with E-state index in [0.29, 0.717) is 25.8 Å². The molecule has 0 aliphatic carbocycles. The third-order valence-corrected chi connectivity index (χ3v) is 3.98. The molecular weight excluding hydrogens is 314 g/mol. The monoisotopic (exact) mass is 335 g/mol. The lowest BCUT2D eigenvalue weighted by Crippen LogP contribution is -2.26. The predicted molar refractivity (Wildman–Crippen MR) is 96.7 cm³/mol. The van der Waals surface area contributed by atoms with Gasteiger partial charge in [-0.05, 0) is 36.2 Å². The third-order valence-electron chi connectivity index (χ3n) is 3.98. The van der Waals surface area contributed by atoms with Crippen molar-refractivity contribution in [1.82, 2.24) is 15.1 Å². The molecule has 0 unspecified atom stereocenters. The summed E-state index contributed by atoms with van der Waals surface area (Å²) in [6.07, 6.45) is 3.49. The molecule has 25 heavy (non-hydrogen) atoms. The molecule has 1 heterocycles. The molecule has 5 heteroatoms. The maximum absolute atomic E-state index is 11.9. The van der Waals surface area contributed by atoms with E-state index in [1.165, 1.54) is 0 Å². The van der Waals surface area contributed by atoms with Crippen molar-refractivity contribution in [2.24, 2.45) is 0 Å². The molecule has 0 fully saturated rings. The summed E-state index contributed by atoms with van der Waals surface area (Å²) in [5.41, 5.74) is 2.74. The molecule has 2 N–H and O–H groups in total. The molecule has 1 amide bonds. The highest BCUT2D eigenvalue weighted by molar-refractivity contribution is 5.76. The number of para-hydroxylation sites is 2. The van der Waals surface area contributed by atoms with E-state index in [0.717, 1.165) is 16.9 Å². The summed E-state index contributed by atoms with van der Waals surface area (Å²) in [6.45, 7) is 0.547. The zero-order valence-electron chi connectivity index (χ0n) is 13.9. The molecular formula is C20H21N3O2. The van der Waals surface area contributed by atoms with Gasteiger partial charge in [-0.15, -0.1) is 0 Å². The van der Waals surface area contributed by atoms with Crippen molar-refractivity contribution >= 4 is 5.91 Å². The number of nitrogens with one attached hydrogen (secondary N) is 1. The Kier molecular flexibility index (Phi) is 5.46. The van der Waals surface area contributed by atoms with Gasteiger partial charge in [0.2, 0.25) is 5.91 Å². The molecule has 0 bridgehead atoms. The Bertz CT molecular complexity index is 828. The van der Waals surface area contributed by atoms with Gasteiger partial charge in [0.05, 0.1) is 11.4 Å². The van der Waals surface area contributed by atoms with Gasteiger partial charge < -0.3 is 10.4 Å². The lowest BCUT2D eigenvalue weighted by atomic mass is 10.1. The third kappa shape index (κ3) is 4.70. The fourth-order valence-corrected chi connectivity index (χ4v) is 2.61. The number of aromatic nitrogens is 2. The Morgan fingerprint density at radius 3 is 2.56 bits per heavy atom. The van der Waals surface area contributed by atoms with Crippen molar-refractivity contribution in [1.29, 1.82) is 0 Å². The largest absolute Gasteiger partial charge is 0.508 e. The number of aromatic hydroxyl groups is 1. The van der Waals surface area contributed by atoms with Crippen LogP contribution >= 0.6 is 0 Å². The maximum Gasteiger partial charge on any atom is 0.220 e. The van der Waals surface area contributed by atoms with E-state index in [4.69, 9.17) is 0 Å². The number of carbonyl (C=O) groups excluding carboxylic acids is 1. The average Bonchev–Trinajstić information content (AvgIpc) is 3.11. The number of aryl methyl sites for hydroxylation is 1. The first kappa shape index (κ1) is 16.8. The minimum Gasteiger partial charge on any atom is -0.508 e. The van der Waals surface area contributed by atoms with Gasteiger partial charge in [0.1, 0.15) is 5.75 Å². The van der Waals surface area contributed by atoms with Crippen LogP contribution in [0.5, 0.6) is 5.75 Å². The van der Waals surface area contributed by atoms with Crippen molar-refractivity contribution < 1.29 is 9.90 Å². The van der Waals surface area contributed by atoms with Crippen LogP contribution in [-0.4, -0.2) is 27.3 Å². The number of phenolic OH excluding ortho intramolecular Hbond substituents is 1. The van der Waals surface area contributed by atoms with Crippen molar-refractivity contribution in [3.05, 3.63) is 78.1 Å². The summed E-state index contributed by atoms with van der Waals surface area (Å²) in [7, 11) is 0. The van der Waals surface area contributed by atoms with E-state index in [9.17, 15) is 9.90 Å². The number of hydrogen-bond donors (Lipinski definition) is 2. The molecule has 3 rings (SSSR count). The second-order valence-electron chi connectivity index (χ2n) is 5.82. The van der Waals surface area contributed by atoms with Gasteiger partial charge in [-0.2, -0.15) is 5.10 Å². The van der Waals surface area contributed by atoms with Crippen LogP contribution in [0.3, 0.4) is 0 Å². The quantitative estimate of drug-likeness (QED) is 0.698. The van der Waals surface area contributed by atoms with Crippen LogP contribution in [0.15, 0.2) is 66.9 Å². The minimum absolute atomic E-state index is 0.0225. The van der Waals surface area contributed by atoms with E-state index in [1.54, 1.807) is 12.1 Å². The van der Waals surface area contributed by atoms with E-state index >= 15 is 0 Å². The van der Waals surface area contributed by atoms with Gasteiger partial charge in [0, 0.05) is 25.6 Å². The van der Waals surface area contributed by atoms with E-state index < -0.39 is 0 Å². The molecule has 0 aliphatic heterocycles. The molecule has 0 aliphatic rings. The maximum atomic E-state index is 11.9. The molecule has 3 aromatic rings. The molecule has 1 aromatic heterocycles. The molecule has 5 nitrogen and oxygen atoms in total. The average molecular weight is 335 g/mol. The normalized spacial score (nSPS) is 10.6. The Hall–Kier alpha value is -3.08. The van der Waals surface area contributed by atoms with Gasteiger partial charge in [-0.1, -0.05) is 36.4 Å². The minimum atomic E-state index is -0.0225. The number of benzene rings is 2. The summed E-state index contributed by atoms with van der Waals surface area (Å²) in [6, 6.07) is 19.0. The molecule has 0 spiro atoms. The Morgan fingerprint density at radius 1 is 1.00 bits per heavy atom. The van der Waals surface area contributed by atoms with E-state index in [1.807, 2.05) is 59.4 Å². The zero-order valence-corrected chi connectivity index (χ0v) is 13.9. The number of amides is 1. The number of carbonyl (C=O) groups is 1. The first-order chi connectivity index (χ1) is 12.2. The predicted octanol–water partition coefficient (Wildman–Crippen LogP) is 2.87. The highest BCUT2D eigenvalue weighted by Gasteiger charge is 2.06. The standard InChI is InChI=1S/C20H21N3O2/c24-19-9-5-4-6-16(19)10-11-20(25)21-14-12-17-13-15-23(22-17)18-7-2-1-3-8-18/h1-9,13,15,24H,10-12,14H2,(H,21,25). The number of rotatable bonds is 7. The van der Waals surface area contributed by atoms with E-state index in [2.05, 4.69) is 10.4 Å². The highest BCUT2D eigenvalue weighted by atomic mass is 16.3. The van der Waals surface area contributed by atoms with Crippen molar-refractivity contribution in [3.8, 4) is 11.4 Å². The fourth-order valence-electron chi connectivity index (χ4n) is 2.61. The van der Waals surface area contributed by atoms with Crippen LogP contribution in [-0.2, 0) is 17.6 Å². The summed E-state index contributed by atoms with van der Waals surface area (Å²) in [5, 5.41) is 17.1. The van der Waals surface area contributed by atoms with Gasteiger partial charge in [0.15, 0.2) is 0 Å². The summed E-state index contributed by atoms with van der Waals surface area (Å²) >= 11 is 0. The Balaban J connectivity index is 1.43. The highest BCUT2D eigenvalue weighted by Crippen LogP contribution is 2.17. The number of nitrogens with zero attached hydrogens (tertiary/aromatic N) is 2. The second kappa shape index (κ2) is 8.15. The van der Waals surface area contributed by atoms with E-state index in [-0.39, 0.29) is 11.7 Å². The van der Waals surface area contributed by atoms with Crippen molar-refractivity contribution in [3.63, 3.8) is 0 Å². The van der Waals surface area contributed by atoms with Crippen molar-refractivity contribution in [2.75, 3.05) is 6.54 Å². The summed E-state index contributed by atoms with van der Waals surface area (Å²) in [5.74, 6) is 0.215.